The number of nitrogens with zero attached hydrogens (tertiary/aromatic N) is 4. The van der Waals surface area contributed by atoms with E-state index < -0.39 is 11.7 Å². The molecule has 32 heavy (non-hydrogen) atoms. The Kier molecular flexibility index (Phi) is 6.32. The van der Waals surface area contributed by atoms with Crippen LogP contribution >= 0.6 is 0 Å². The second-order valence-electron chi connectivity index (χ2n) is 8.49. The lowest BCUT2D eigenvalue weighted by atomic mass is 10.0. The van der Waals surface area contributed by atoms with Crippen LogP contribution in [0.4, 0.5) is 10.6 Å². The molecule has 0 radical (unpaired) electrons. The summed E-state index contributed by atoms with van der Waals surface area (Å²) in [7, 11) is 0. The van der Waals surface area contributed by atoms with E-state index in [0.717, 1.165) is 28.1 Å². The molecule has 0 aliphatic carbocycles. The molecule has 0 spiro atoms. The molecule has 0 saturated carbocycles. The smallest absolute Gasteiger partial charge is 0.413 e. The molecule has 162 valence electrons. The normalized spacial score (nSPS) is 10.8. The Balaban J connectivity index is 1.85. The lowest BCUT2D eigenvalue weighted by Gasteiger charge is -2.19. The lowest BCUT2D eigenvalue weighted by Crippen LogP contribution is -2.27. The summed E-state index contributed by atoms with van der Waals surface area (Å²) in [5.74, 6) is 0.403. The quantitative estimate of drug-likeness (QED) is 0.608. The van der Waals surface area contributed by atoms with Crippen LogP contribution in [0.5, 0.6) is 0 Å². The molecule has 2 heterocycles. The zero-order valence-corrected chi connectivity index (χ0v) is 18.9. The Bertz CT molecular complexity index is 1220. The van der Waals surface area contributed by atoms with Crippen LogP contribution in [0.2, 0.25) is 0 Å². The minimum absolute atomic E-state index is 0.403. The van der Waals surface area contributed by atoms with Crippen molar-refractivity contribution < 1.29 is 9.53 Å². The number of ether oxygens (including phenoxy) is 1. The summed E-state index contributed by atoms with van der Waals surface area (Å²) in [6, 6.07) is 15.3. The Morgan fingerprint density at radius 2 is 1.75 bits per heavy atom. The number of pyridine rings is 1. The third kappa shape index (κ3) is 4.96. The van der Waals surface area contributed by atoms with Crippen molar-refractivity contribution >= 4 is 11.9 Å². The number of hydrogen-bond donors (Lipinski definition) is 1. The fourth-order valence-electron chi connectivity index (χ4n) is 3.50. The summed E-state index contributed by atoms with van der Waals surface area (Å²) in [6.45, 7) is 9.83. The summed E-state index contributed by atoms with van der Waals surface area (Å²) in [5, 5.41) is 21.4. The molecule has 7 heteroatoms. The highest BCUT2D eigenvalue weighted by molar-refractivity contribution is 5.83. The van der Waals surface area contributed by atoms with E-state index in [0.29, 0.717) is 23.5 Å². The van der Waals surface area contributed by atoms with E-state index in [2.05, 4.69) is 27.0 Å². The first-order chi connectivity index (χ1) is 15.1. The van der Waals surface area contributed by atoms with Gasteiger partial charge in [0.1, 0.15) is 17.5 Å². The number of carbonyl (C=O) groups excluding carboxylic acids is 1. The van der Waals surface area contributed by atoms with Crippen molar-refractivity contribution in [2.45, 2.75) is 46.8 Å². The van der Waals surface area contributed by atoms with E-state index in [1.165, 1.54) is 0 Å². The summed E-state index contributed by atoms with van der Waals surface area (Å²) in [6.07, 6.45) is 1.14. The molecule has 0 aliphatic heterocycles. The molecule has 0 aliphatic rings. The van der Waals surface area contributed by atoms with Crippen LogP contribution in [-0.2, 0) is 11.3 Å². The zero-order valence-electron chi connectivity index (χ0n) is 18.9. The molecule has 0 bridgehead atoms. The van der Waals surface area contributed by atoms with Gasteiger partial charge in [-0.05, 0) is 63.9 Å². The van der Waals surface area contributed by atoms with Gasteiger partial charge in [0.15, 0.2) is 0 Å². The van der Waals surface area contributed by atoms with Crippen molar-refractivity contribution in [3.8, 4) is 23.3 Å². The van der Waals surface area contributed by atoms with E-state index in [4.69, 9.17) is 10.00 Å². The van der Waals surface area contributed by atoms with Gasteiger partial charge in [0, 0.05) is 29.7 Å². The molecule has 1 aromatic carbocycles. The van der Waals surface area contributed by atoms with Crippen molar-refractivity contribution in [1.29, 1.82) is 10.5 Å². The monoisotopic (exact) mass is 427 g/mol. The predicted octanol–water partition coefficient (Wildman–Crippen LogP) is 5.31. The second-order valence-corrected chi connectivity index (χ2v) is 8.49. The Labute approximate surface area is 187 Å². The first kappa shape index (κ1) is 22.6. The number of anilines is 1. The van der Waals surface area contributed by atoms with Crippen molar-refractivity contribution in [3.63, 3.8) is 0 Å². The van der Waals surface area contributed by atoms with Gasteiger partial charge in [-0.3, -0.25) is 5.32 Å². The van der Waals surface area contributed by atoms with Crippen molar-refractivity contribution in [2.75, 3.05) is 5.32 Å². The van der Waals surface area contributed by atoms with Crippen molar-refractivity contribution in [3.05, 3.63) is 70.7 Å². The summed E-state index contributed by atoms with van der Waals surface area (Å²) < 4.78 is 7.31. The molecule has 7 nitrogen and oxygen atoms in total. The van der Waals surface area contributed by atoms with Crippen LogP contribution in [0, 0.1) is 36.5 Å². The van der Waals surface area contributed by atoms with E-state index in [-0.39, 0.29) is 0 Å². The van der Waals surface area contributed by atoms with E-state index in [1.807, 2.05) is 32.0 Å². The van der Waals surface area contributed by atoms with Gasteiger partial charge in [0.05, 0.1) is 17.2 Å². The fraction of sp³-hybridized carbons (Fsp3) is 0.280. The number of benzene rings is 1. The minimum atomic E-state index is -0.585. The van der Waals surface area contributed by atoms with Crippen LogP contribution < -0.4 is 5.32 Å². The van der Waals surface area contributed by atoms with Crippen molar-refractivity contribution in [1.82, 2.24) is 9.55 Å². The van der Waals surface area contributed by atoms with Gasteiger partial charge in [-0.15, -0.1) is 0 Å². The Hall–Kier alpha value is -4.10. The molecule has 0 saturated heterocycles. The maximum absolute atomic E-state index is 11.9. The fourth-order valence-corrected chi connectivity index (χ4v) is 3.50. The maximum Gasteiger partial charge on any atom is 0.413 e. The van der Waals surface area contributed by atoms with Gasteiger partial charge in [0.25, 0.3) is 0 Å². The number of rotatable bonds is 4. The van der Waals surface area contributed by atoms with Crippen LogP contribution in [-0.4, -0.2) is 21.2 Å². The van der Waals surface area contributed by atoms with Gasteiger partial charge in [-0.1, -0.05) is 18.2 Å². The van der Waals surface area contributed by atoms with Crippen LogP contribution in [0.25, 0.3) is 11.1 Å². The minimum Gasteiger partial charge on any atom is -0.444 e. The second kappa shape index (κ2) is 8.95. The third-order valence-electron chi connectivity index (χ3n) is 4.99. The van der Waals surface area contributed by atoms with E-state index in [9.17, 15) is 10.1 Å². The highest BCUT2D eigenvalue weighted by Gasteiger charge is 2.20. The molecule has 0 unspecified atom stereocenters. The summed E-state index contributed by atoms with van der Waals surface area (Å²) in [5.41, 5.74) is 5.12. The van der Waals surface area contributed by atoms with Crippen LogP contribution in [0.15, 0.2) is 42.6 Å². The van der Waals surface area contributed by atoms with Gasteiger partial charge in [-0.25, -0.2) is 9.78 Å². The first-order valence-electron chi connectivity index (χ1n) is 10.2. The highest BCUT2D eigenvalue weighted by atomic mass is 16.6. The van der Waals surface area contributed by atoms with Crippen LogP contribution in [0.1, 0.15) is 48.8 Å². The Morgan fingerprint density at radius 3 is 2.28 bits per heavy atom. The number of amides is 1. The number of hydrogen-bond acceptors (Lipinski definition) is 5. The number of carbonyl (C=O) groups is 1. The summed E-state index contributed by atoms with van der Waals surface area (Å²) >= 11 is 0. The first-order valence-corrected chi connectivity index (χ1v) is 10.2. The van der Waals surface area contributed by atoms with Gasteiger partial charge >= 0.3 is 6.09 Å². The number of nitrogens with one attached hydrogen (secondary N) is 1. The average Bonchev–Trinajstić information content (AvgIpc) is 2.97. The zero-order chi connectivity index (χ0) is 23.5. The number of aromatic nitrogens is 2. The predicted molar refractivity (Wildman–Crippen MR) is 122 cm³/mol. The standard InChI is InChI=1S/C25H25N5O2/c1-16-21(13-27)23(20-9-6-18(12-26)7-10-20)17(2)30(16)15-19-8-11-22(28-14-19)29-24(31)32-25(3,4)5/h6-11,14H,15H2,1-5H3,(H,28,29,31). The molecule has 1 N–H and O–H groups in total. The molecule has 2 aromatic heterocycles. The molecule has 1 amide bonds. The maximum atomic E-state index is 11.9. The van der Waals surface area contributed by atoms with Crippen molar-refractivity contribution in [2.24, 2.45) is 0 Å². The van der Waals surface area contributed by atoms with E-state index >= 15 is 0 Å². The molecular formula is C25H25N5O2. The molecule has 0 atom stereocenters. The lowest BCUT2D eigenvalue weighted by molar-refractivity contribution is 0.0635. The highest BCUT2D eigenvalue weighted by Crippen LogP contribution is 2.32. The SMILES string of the molecule is Cc1c(C#N)c(-c2ccc(C#N)cc2)c(C)n1Cc1ccc(NC(=O)OC(C)(C)C)nc1. The Morgan fingerprint density at radius 1 is 1.06 bits per heavy atom. The van der Waals surface area contributed by atoms with Gasteiger partial charge in [-0.2, -0.15) is 10.5 Å². The van der Waals surface area contributed by atoms with E-state index in [1.54, 1.807) is 45.2 Å². The van der Waals surface area contributed by atoms with Gasteiger partial charge in [0.2, 0.25) is 0 Å². The average molecular weight is 428 g/mol. The summed E-state index contributed by atoms with van der Waals surface area (Å²) in [4.78, 5) is 16.2. The molecule has 0 fully saturated rings. The number of nitriles is 2. The molecule has 3 aromatic rings. The van der Waals surface area contributed by atoms with Gasteiger partial charge < -0.3 is 9.30 Å². The molecule has 3 rings (SSSR count). The largest absolute Gasteiger partial charge is 0.444 e. The molecular weight excluding hydrogens is 402 g/mol. The third-order valence-corrected chi connectivity index (χ3v) is 4.99. The topological polar surface area (TPSA) is 104 Å². The van der Waals surface area contributed by atoms with Crippen LogP contribution in [0.3, 0.4) is 0 Å².